The van der Waals surface area contributed by atoms with Crippen molar-refractivity contribution in [3.05, 3.63) is 5.92 Å². The number of piperidine rings is 1. The van der Waals surface area contributed by atoms with Crippen molar-refractivity contribution in [3.63, 3.8) is 0 Å². The van der Waals surface area contributed by atoms with E-state index in [9.17, 15) is 4.79 Å². The molecule has 1 radical (unpaired) electrons. The van der Waals surface area contributed by atoms with Gasteiger partial charge >= 0.3 is 5.97 Å². The number of carbonyl (C=O) groups is 1. The van der Waals surface area contributed by atoms with Crippen LogP contribution in [0.15, 0.2) is 0 Å². The van der Waals surface area contributed by atoms with Crippen molar-refractivity contribution in [3.8, 4) is 0 Å². The highest BCUT2D eigenvalue weighted by molar-refractivity contribution is 5.80. The summed E-state index contributed by atoms with van der Waals surface area (Å²) in [5, 5.41) is 3.10. The molecule has 3 nitrogen and oxygen atoms in total. The fourth-order valence-corrected chi connectivity index (χ4v) is 1.53. The molecule has 0 amide bonds. The fourth-order valence-electron chi connectivity index (χ4n) is 1.53. The van der Waals surface area contributed by atoms with E-state index in [1.807, 2.05) is 0 Å². The molecule has 0 aromatic carbocycles. The summed E-state index contributed by atoms with van der Waals surface area (Å²) >= 11 is 0. The van der Waals surface area contributed by atoms with E-state index in [1.54, 1.807) is 0 Å². The molecule has 10 heavy (non-hydrogen) atoms. The molecule has 2 aliphatic rings. The maximum absolute atomic E-state index is 10.9. The van der Waals surface area contributed by atoms with E-state index in [0.717, 1.165) is 13.0 Å². The molecule has 2 unspecified atom stereocenters. The number of carbonyl (C=O) groups excluding carboxylic acids is 1. The smallest absolute Gasteiger partial charge is 0.323 e. The summed E-state index contributed by atoms with van der Waals surface area (Å²) in [5.41, 5.74) is 0. The van der Waals surface area contributed by atoms with E-state index in [2.05, 4.69) is 10.1 Å². The molecular weight excluding hydrogens is 130 g/mol. The van der Waals surface area contributed by atoms with Crippen molar-refractivity contribution in [1.82, 2.24) is 5.32 Å². The first-order chi connectivity index (χ1) is 4.83. The number of methoxy groups -OCH3 is 1. The Balaban J connectivity index is 1.98. The highest BCUT2D eigenvalue weighted by Gasteiger charge is 2.52. The standard InChI is InChI=1S/C7H10NO2/c1-10-7(9)6-5-2-4(5)3-8-6/h4,6,8H,2-3H2,1H3. The Hall–Kier alpha value is -0.570. The van der Waals surface area contributed by atoms with E-state index in [1.165, 1.54) is 13.0 Å². The minimum atomic E-state index is -0.130. The molecule has 0 aromatic rings. The van der Waals surface area contributed by atoms with Crippen LogP contribution < -0.4 is 5.32 Å². The van der Waals surface area contributed by atoms with Crippen LogP contribution in [0.2, 0.25) is 0 Å². The van der Waals surface area contributed by atoms with Crippen molar-refractivity contribution in [1.29, 1.82) is 0 Å². The number of ether oxygens (including phenoxy) is 1. The van der Waals surface area contributed by atoms with Gasteiger partial charge in [0.1, 0.15) is 6.04 Å². The molecular formula is C7H10NO2. The fraction of sp³-hybridized carbons (Fsp3) is 0.714. The van der Waals surface area contributed by atoms with E-state index in [4.69, 9.17) is 0 Å². The number of rotatable bonds is 1. The second-order valence-electron chi connectivity index (χ2n) is 2.84. The van der Waals surface area contributed by atoms with Gasteiger partial charge in [0, 0.05) is 5.92 Å². The lowest BCUT2D eigenvalue weighted by Gasteiger charge is -2.08. The molecule has 1 N–H and O–H groups in total. The molecule has 2 rings (SSSR count). The van der Waals surface area contributed by atoms with E-state index in [-0.39, 0.29) is 12.0 Å². The topological polar surface area (TPSA) is 38.3 Å². The molecule has 0 spiro atoms. The van der Waals surface area contributed by atoms with Crippen LogP contribution in [0.3, 0.4) is 0 Å². The van der Waals surface area contributed by atoms with Gasteiger partial charge in [0.05, 0.1) is 7.11 Å². The Labute approximate surface area is 59.7 Å². The summed E-state index contributed by atoms with van der Waals surface area (Å²) in [6.07, 6.45) is 1.13. The zero-order chi connectivity index (χ0) is 7.14. The van der Waals surface area contributed by atoms with E-state index < -0.39 is 0 Å². The van der Waals surface area contributed by atoms with Crippen LogP contribution in [0, 0.1) is 11.8 Å². The zero-order valence-corrected chi connectivity index (χ0v) is 5.89. The number of esters is 1. The summed E-state index contributed by atoms with van der Waals surface area (Å²) in [6, 6.07) is -0.0741. The van der Waals surface area contributed by atoms with Gasteiger partial charge in [-0.3, -0.25) is 4.79 Å². The quantitative estimate of drug-likeness (QED) is 0.509. The van der Waals surface area contributed by atoms with Crippen LogP contribution >= 0.6 is 0 Å². The van der Waals surface area contributed by atoms with Gasteiger partial charge in [0.25, 0.3) is 0 Å². The SMILES string of the molecule is COC(=O)C1NCC2C[C]21. The van der Waals surface area contributed by atoms with Crippen molar-refractivity contribution in [2.75, 3.05) is 13.7 Å². The van der Waals surface area contributed by atoms with Crippen LogP contribution in [-0.2, 0) is 9.53 Å². The Kier molecular flexibility index (Phi) is 1.20. The van der Waals surface area contributed by atoms with E-state index in [0.29, 0.717) is 5.92 Å². The highest BCUT2D eigenvalue weighted by atomic mass is 16.5. The summed E-state index contributed by atoms with van der Waals surface area (Å²) in [6.45, 7) is 0.967. The minimum absolute atomic E-state index is 0.0741. The van der Waals surface area contributed by atoms with Crippen molar-refractivity contribution in [2.24, 2.45) is 5.92 Å². The molecule has 3 heteroatoms. The molecule has 55 valence electrons. The third-order valence-corrected chi connectivity index (χ3v) is 2.22. The largest absolute Gasteiger partial charge is 0.468 e. The van der Waals surface area contributed by atoms with Gasteiger partial charge in [-0.2, -0.15) is 0 Å². The Morgan fingerprint density at radius 3 is 3.00 bits per heavy atom. The highest BCUT2D eigenvalue weighted by Crippen LogP contribution is 2.47. The molecule has 2 atom stereocenters. The van der Waals surface area contributed by atoms with Gasteiger partial charge in [0.15, 0.2) is 0 Å². The molecule has 1 saturated carbocycles. The third kappa shape index (κ3) is 0.736. The predicted octanol–water partition coefficient (Wildman–Crippen LogP) is -0.274. The second-order valence-corrected chi connectivity index (χ2v) is 2.84. The van der Waals surface area contributed by atoms with Gasteiger partial charge in [0.2, 0.25) is 0 Å². The van der Waals surface area contributed by atoms with E-state index >= 15 is 0 Å². The summed E-state index contributed by atoms with van der Waals surface area (Å²) in [4.78, 5) is 10.9. The molecule has 0 aromatic heterocycles. The lowest BCUT2D eigenvalue weighted by atomic mass is 10.2. The number of fused-ring (bicyclic) bond motifs is 1. The molecule has 1 aliphatic heterocycles. The van der Waals surface area contributed by atoms with Crippen LogP contribution in [-0.4, -0.2) is 25.7 Å². The maximum atomic E-state index is 10.9. The molecule has 1 aliphatic carbocycles. The molecule has 1 heterocycles. The molecule has 1 saturated heterocycles. The first-order valence-electron chi connectivity index (χ1n) is 3.49. The lowest BCUT2D eigenvalue weighted by Crippen LogP contribution is -2.34. The zero-order valence-electron chi connectivity index (χ0n) is 5.89. The predicted molar refractivity (Wildman–Crippen MR) is 35.2 cm³/mol. The van der Waals surface area contributed by atoms with Crippen LogP contribution in [0.5, 0.6) is 0 Å². The Morgan fingerprint density at radius 2 is 2.60 bits per heavy atom. The molecule has 2 fully saturated rings. The monoisotopic (exact) mass is 140 g/mol. The van der Waals surface area contributed by atoms with Gasteiger partial charge in [-0.25, -0.2) is 0 Å². The second kappa shape index (κ2) is 1.95. The Bertz CT molecular complexity index is 169. The summed E-state index contributed by atoms with van der Waals surface area (Å²) in [5.74, 6) is 1.89. The summed E-state index contributed by atoms with van der Waals surface area (Å²) in [7, 11) is 1.43. The van der Waals surface area contributed by atoms with Crippen molar-refractivity contribution >= 4 is 5.97 Å². The molecule has 0 bridgehead atoms. The van der Waals surface area contributed by atoms with Crippen LogP contribution in [0.1, 0.15) is 6.42 Å². The third-order valence-electron chi connectivity index (χ3n) is 2.22. The van der Waals surface area contributed by atoms with Crippen LogP contribution in [0.25, 0.3) is 0 Å². The van der Waals surface area contributed by atoms with Crippen LogP contribution in [0.4, 0.5) is 0 Å². The lowest BCUT2D eigenvalue weighted by molar-refractivity contribution is -0.142. The Morgan fingerprint density at radius 1 is 1.80 bits per heavy atom. The normalized spacial score (nSPS) is 37.3. The van der Waals surface area contributed by atoms with Gasteiger partial charge in [-0.15, -0.1) is 0 Å². The van der Waals surface area contributed by atoms with Crippen molar-refractivity contribution in [2.45, 2.75) is 12.5 Å². The van der Waals surface area contributed by atoms with Gasteiger partial charge < -0.3 is 10.1 Å². The maximum Gasteiger partial charge on any atom is 0.323 e. The number of hydrogen-bond acceptors (Lipinski definition) is 3. The summed E-state index contributed by atoms with van der Waals surface area (Å²) < 4.78 is 4.61. The first-order valence-corrected chi connectivity index (χ1v) is 3.49. The number of nitrogens with one attached hydrogen (secondary N) is 1. The van der Waals surface area contributed by atoms with Gasteiger partial charge in [-0.1, -0.05) is 0 Å². The van der Waals surface area contributed by atoms with Crippen molar-refractivity contribution < 1.29 is 9.53 Å². The number of hydrogen-bond donors (Lipinski definition) is 1. The minimum Gasteiger partial charge on any atom is -0.468 e. The average Bonchev–Trinajstić information content (AvgIpc) is 2.62. The first kappa shape index (κ1) is 6.16. The van der Waals surface area contributed by atoms with Gasteiger partial charge in [-0.05, 0) is 18.9 Å². The average molecular weight is 140 g/mol.